The molecule has 5 rings (SSSR count). The Morgan fingerprint density at radius 2 is 1.76 bits per heavy atom. The largest absolute Gasteiger partial charge is 0.490 e. The molecule has 41 heavy (non-hydrogen) atoms. The summed E-state index contributed by atoms with van der Waals surface area (Å²) in [7, 11) is 0. The standard InChI is InChI=1S/C29H34F3N5O4/c1-20-16-35(17-21(2)36(20)14-3-4-22-5-7-23(8-6-22)29(30,31)32)24-9-11-25(12-10-24)40-19-26-13-15-34-18-27(37(38)39)33-28(34)41-26/h5-12,18,20-21,26H,3-4,13-17,19H2,1-2H3/t20-,21+,26-/m1/s1. The van der Waals surface area contributed by atoms with Crippen molar-refractivity contribution in [1.82, 2.24) is 14.5 Å². The molecule has 2 aromatic carbocycles. The number of ether oxygens (including phenoxy) is 2. The van der Waals surface area contributed by atoms with E-state index in [1.807, 2.05) is 24.3 Å². The lowest BCUT2D eigenvalue weighted by Crippen LogP contribution is -2.57. The number of hydrogen-bond donors (Lipinski definition) is 0. The Morgan fingerprint density at radius 3 is 2.39 bits per heavy atom. The maximum Gasteiger partial charge on any atom is 0.416 e. The Kier molecular flexibility index (Phi) is 8.39. The molecule has 1 aromatic heterocycles. The normalized spacial score (nSPS) is 21.3. The Bertz CT molecular complexity index is 1320. The lowest BCUT2D eigenvalue weighted by molar-refractivity contribution is -0.389. The lowest BCUT2D eigenvalue weighted by Gasteiger charge is -2.45. The first-order valence-electron chi connectivity index (χ1n) is 13.8. The highest BCUT2D eigenvalue weighted by Crippen LogP contribution is 2.30. The third-order valence-electron chi connectivity index (χ3n) is 7.78. The number of benzene rings is 2. The minimum Gasteiger partial charge on any atom is -0.490 e. The van der Waals surface area contributed by atoms with Gasteiger partial charge in [-0.05, 0) is 80.1 Å². The molecule has 0 radical (unpaired) electrons. The van der Waals surface area contributed by atoms with Crippen LogP contribution in [0.25, 0.3) is 0 Å². The van der Waals surface area contributed by atoms with Gasteiger partial charge in [-0.25, -0.2) is 0 Å². The van der Waals surface area contributed by atoms with Crippen molar-refractivity contribution in [3.05, 3.63) is 76.0 Å². The average Bonchev–Trinajstić information content (AvgIpc) is 3.37. The van der Waals surface area contributed by atoms with E-state index in [0.29, 0.717) is 31.7 Å². The zero-order chi connectivity index (χ0) is 29.1. The molecule has 0 aliphatic carbocycles. The van der Waals surface area contributed by atoms with Gasteiger partial charge in [0.05, 0.1) is 5.56 Å². The van der Waals surface area contributed by atoms with Crippen molar-refractivity contribution in [2.75, 3.05) is 31.1 Å². The van der Waals surface area contributed by atoms with E-state index >= 15 is 0 Å². The van der Waals surface area contributed by atoms with Crippen molar-refractivity contribution in [2.24, 2.45) is 0 Å². The first-order valence-corrected chi connectivity index (χ1v) is 13.8. The number of aryl methyl sites for hydroxylation is 2. The Labute approximate surface area is 236 Å². The summed E-state index contributed by atoms with van der Waals surface area (Å²) in [5.74, 6) is 0.500. The zero-order valence-electron chi connectivity index (χ0n) is 23.1. The van der Waals surface area contributed by atoms with Crippen LogP contribution in [0.1, 0.15) is 37.8 Å². The van der Waals surface area contributed by atoms with Crippen molar-refractivity contribution in [3.8, 4) is 11.8 Å². The van der Waals surface area contributed by atoms with Crippen LogP contribution in [0.5, 0.6) is 11.8 Å². The number of piperazine rings is 1. The molecule has 1 saturated heterocycles. The monoisotopic (exact) mass is 573 g/mol. The van der Waals surface area contributed by atoms with Gasteiger partial charge in [0.15, 0.2) is 0 Å². The first kappa shape index (κ1) is 28.7. The van der Waals surface area contributed by atoms with Crippen LogP contribution in [-0.4, -0.2) is 63.8 Å². The van der Waals surface area contributed by atoms with Crippen LogP contribution < -0.4 is 14.4 Å². The summed E-state index contributed by atoms with van der Waals surface area (Å²) in [5.41, 5.74) is 1.43. The molecule has 1 fully saturated rings. The van der Waals surface area contributed by atoms with Crippen molar-refractivity contribution in [3.63, 3.8) is 0 Å². The molecule has 3 atom stereocenters. The molecule has 2 aliphatic heterocycles. The molecular weight excluding hydrogens is 539 g/mol. The summed E-state index contributed by atoms with van der Waals surface area (Å²) in [6, 6.07) is 14.3. The van der Waals surface area contributed by atoms with Gasteiger partial charge >= 0.3 is 18.0 Å². The van der Waals surface area contributed by atoms with Crippen molar-refractivity contribution >= 4 is 11.5 Å². The molecule has 9 nitrogen and oxygen atoms in total. The van der Waals surface area contributed by atoms with Gasteiger partial charge in [0.1, 0.15) is 24.7 Å². The van der Waals surface area contributed by atoms with Crippen molar-refractivity contribution < 1.29 is 27.6 Å². The molecule has 12 heteroatoms. The molecule has 220 valence electrons. The summed E-state index contributed by atoms with van der Waals surface area (Å²) in [4.78, 5) is 19.2. The number of rotatable bonds is 9. The van der Waals surface area contributed by atoms with Crippen LogP contribution in [-0.2, 0) is 19.1 Å². The summed E-state index contributed by atoms with van der Waals surface area (Å²) in [5, 5.41) is 10.9. The van der Waals surface area contributed by atoms with E-state index in [-0.39, 0.29) is 17.9 Å². The average molecular weight is 574 g/mol. The van der Waals surface area contributed by atoms with Crippen LogP contribution in [0.4, 0.5) is 24.7 Å². The molecule has 3 heterocycles. The molecule has 0 bridgehead atoms. The van der Waals surface area contributed by atoms with E-state index in [2.05, 4.69) is 28.6 Å². The number of hydrogen-bond acceptors (Lipinski definition) is 7. The van der Waals surface area contributed by atoms with E-state index < -0.39 is 16.7 Å². The predicted octanol–water partition coefficient (Wildman–Crippen LogP) is 5.57. The second kappa shape index (κ2) is 12.0. The number of anilines is 1. The van der Waals surface area contributed by atoms with Crippen LogP contribution >= 0.6 is 0 Å². The molecule has 2 aliphatic rings. The molecule has 0 spiro atoms. The summed E-state index contributed by atoms with van der Waals surface area (Å²) < 4.78 is 51.8. The second-order valence-corrected chi connectivity index (χ2v) is 10.8. The number of alkyl halides is 3. The Morgan fingerprint density at radius 1 is 1.07 bits per heavy atom. The van der Waals surface area contributed by atoms with Crippen LogP contribution in [0.3, 0.4) is 0 Å². The van der Waals surface area contributed by atoms with Gasteiger partial charge in [-0.3, -0.25) is 9.47 Å². The van der Waals surface area contributed by atoms with E-state index in [4.69, 9.17) is 9.47 Å². The van der Waals surface area contributed by atoms with E-state index in [1.54, 1.807) is 16.7 Å². The third-order valence-corrected chi connectivity index (χ3v) is 7.78. The fourth-order valence-electron chi connectivity index (χ4n) is 5.61. The van der Waals surface area contributed by atoms with Gasteiger partial charge in [-0.15, -0.1) is 0 Å². The Balaban J connectivity index is 1.07. The minimum absolute atomic E-state index is 0.222. The number of halogens is 3. The molecule has 0 unspecified atom stereocenters. The summed E-state index contributed by atoms with van der Waals surface area (Å²) in [6.07, 6.45) is -0.859. The number of aromatic nitrogens is 2. The lowest BCUT2D eigenvalue weighted by atomic mass is 10.0. The topological polar surface area (TPSA) is 85.9 Å². The Hall–Kier alpha value is -3.80. The second-order valence-electron chi connectivity index (χ2n) is 10.8. The summed E-state index contributed by atoms with van der Waals surface area (Å²) in [6.45, 7) is 7.96. The quantitative estimate of drug-likeness (QED) is 0.244. The SMILES string of the molecule is C[C@@H]1CN(c2ccc(OC[C@H]3CCn4cc([N+](=O)[O-])nc4O3)cc2)C[C@H](C)N1CCCc1ccc(C(F)(F)F)cc1. The van der Waals surface area contributed by atoms with Gasteiger partial charge in [-0.1, -0.05) is 12.1 Å². The molecule has 0 N–H and O–H groups in total. The van der Waals surface area contributed by atoms with E-state index in [9.17, 15) is 23.3 Å². The maximum absolute atomic E-state index is 12.8. The molecule has 0 amide bonds. The minimum atomic E-state index is -4.30. The van der Waals surface area contributed by atoms with E-state index in [0.717, 1.165) is 61.6 Å². The van der Waals surface area contributed by atoms with Gasteiger partial charge in [0.2, 0.25) is 0 Å². The van der Waals surface area contributed by atoms with Gasteiger partial charge in [0, 0.05) is 48.8 Å². The number of nitrogens with zero attached hydrogens (tertiary/aromatic N) is 5. The number of nitro groups is 1. The summed E-state index contributed by atoms with van der Waals surface area (Å²) >= 11 is 0. The third kappa shape index (κ3) is 6.92. The van der Waals surface area contributed by atoms with Crippen LogP contribution in [0.15, 0.2) is 54.7 Å². The van der Waals surface area contributed by atoms with Gasteiger partial charge in [0.25, 0.3) is 0 Å². The van der Waals surface area contributed by atoms with Gasteiger partial charge in [-0.2, -0.15) is 13.2 Å². The van der Waals surface area contributed by atoms with Crippen molar-refractivity contribution in [2.45, 2.75) is 64.0 Å². The van der Waals surface area contributed by atoms with Crippen molar-refractivity contribution in [1.29, 1.82) is 0 Å². The maximum atomic E-state index is 12.8. The van der Waals surface area contributed by atoms with Gasteiger partial charge < -0.3 is 24.5 Å². The predicted molar refractivity (Wildman–Crippen MR) is 147 cm³/mol. The molecule has 3 aromatic rings. The van der Waals surface area contributed by atoms with Crippen LogP contribution in [0.2, 0.25) is 0 Å². The smallest absolute Gasteiger partial charge is 0.416 e. The zero-order valence-corrected chi connectivity index (χ0v) is 23.1. The van der Waals surface area contributed by atoms with E-state index in [1.165, 1.54) is 6.20 Å². The number of imidazole rings is 1. The highest BCUT2D eigenvalue weighted by molar-refractivity contribution is 5.50. The highest BCUT2D eigenvalue weighted by Gasteiger charge is 2.31. The molecular formula is C29H34F3N5O4. The number of fused-ring (bicyclic) bond motifs is 1. The molecule has 0 saturated carbocycles. The van der Waals surface area contributed by atoms with Crippen LogP contribution in [0, 0.1) is 10.1 Å². The fourth-order valence-corrected chi connectivity index (χ4v) is 5.61. The fraction of sp³-hybridized carbons (Fsp3) is 0.483. The first-order chi connectivity index (χ1) is 19.6. The highest BCUT2D eigenvalue weighted by atomic mass is 19.4.